The lowest BCUT2D eigenvalue weighted by atomic mass is 10.7. The molecule has 1 amide bonds. The molecule has 1 N–H and O–H groups in total. The van der Waals surface area contributed by atoms with Crippen molar-refractivity contribution >= 4 is 17.9 Å². The summed E-state index contributed by atoms with van der Waals surface area (Å²) in [6.45, 7) is 4.99. The largest absolute Gasteiger partial charge is 0.479 e. The topological polar surface area (TPSA) is 38.3 Å². The highest BCUT2D eigenvalue weighted by molar-refractivity contribution is 7.96. The summed E-state index contributed by atoms with van der Waals surface area (Å²) in [5.41, 5.74) is 0. The monoisotopic (exact) mass is 147 g/mol. The van der Waals surface area contributed by atoms with Crippen LogP contribution >= 0.6 is 12.6 Å². The van der Waals surface area contributed by atoms with E-state index in [2.05, 4.69) is 24.5 Å². The van der Waals surface area contributed by atoms with E-state index in [9.17, 15) is 4.79 Å². The van der Waals surface area contributed by atoms with Gasteiger partial charge in [-0.05, 0) is 6.92 Å². The van der Waals surface area contributed by atoms with Gasteiger partial charge in [0.05, 0.1) is 6.26 Å². The van der Waals surface area contributed by atoms with E-state index in [1.54, 1.807) is 6.92 Å². The van der Waals surface area contributed by atoms with Gasteiger partial charge in [-0.15, -0.1) is 0 Å². The summed E-state index contributed by atoms with van der Waals surface area (Å²) in [6.07, 6.45) is 0.904. The molecule has 0 spiro atoms. The maximum atomic E-state index is 10.2. The number of nitrogens with one attached hydrogen (secondary N) is 1. The Labute approximate surface area is 59.5 Å². The number of rotatable bonds is 3. The zero-order valence-electron chi connectivity index (χ0n) is 5.13. The Morgan fingerprint density at radius 3 is 2.89 bits per heavy atom. The van der Waals surface area contributed by atoms with Crippen molar-refractivity contribution in [2.75, 3.05) is 0 Å². The maximum absolute atomic E-state index is 10.2. The standard InChI is InChI=1S/C5H9NO2S/c1-3-8-4(2)6-5(7)9/h3-4H,1H2,2H3,(H2,6,7,9). The predicted octanol–water partition coefficient (Wildman–Crippen LogP) is 1.13. The van der Waals surface area contributed by atoms with Crippen molar-refractivity contribution in [1.29, 1.82) is 0 Å². The third-order valence-corrected chi connectivity index (χ3v) is 0.756. The first-order valence-corrected chi connectivity index (χ1v) is 2.87. The first kappa shape index (κ1) is 8.36. The van der Waals surface area contributed by atoms with Gasteiger partial charge in [-0.2, -0.15) is 0 Å². The van der Waals surface area contributed by atoms with Crippen molar-refractivity contribution in [3.8, 4) is 0 Å². The minimum atomic E-state index is -0.413. The molecule has 0 heterocycles. The lowest BCUT2D eigenvalue weighted by molar-refractivity contribution is 0.140. The second kappa shape index (κ2) is 4.26. The summed E-state index contributed by atoms with van der Waals surface area (Å²) in [5.74, 6) is 0. The van der Waals surface area contributed by atoms with Crippen LogP contribution < -0.4 is 5.32 Å². The fraction of sp³-hybridized carbons (Fsp3) is 0.400. The van der Waals surface area contributed by atoms with E-state index in [0.29, 0.717) is 0 Å². The van der Waals surface area contributed by atoms with Crippen LogP contribution in [0.4, 0.5) is 4.79 Å². The number of hydrogen-bond acceptors (Lipinski definition) is 2. The third kappa shape index (κ3) is 5.23. The van der Waals surface area contributed by atoms with Crippen LogP contribution in [-0.4, -0.2) is 11.5 Å². The first-order valence-electron chi connectivity index (χ1n) is 2.42. The van der Waals surface area contributed by atoms with Gasteiger partial charge in [-0.1, -0.05) is 19.2 Å². The fourth-order valence-corrected chi connectivity index (χ4v) is 0.534. The molecule has 4 heteroatoms. The van der Waals surface area contributed by atoms with Crippen LogP contribution in [0.1, 0.15) is 6.92 Å². The minimum Gasteiger partial charge on any atom is -0.479 e. The summed E-state index contributed by atoms with van der Waals surface area (Å²) in [4.78, 5) is 10.2. The SMILES string of the molecule is C=COC(C)NC(=O)S. The number of hydrogen-bond donors (Lipinski definition) is 2. The average Bonchev–Trinajstić information content (AvgIpc) is 1.63. The molecule has 0 bridgehead atoms. The zero-order chi connectivity index (χ0) is 7.28. The quantitative estimate of drug-likeness (QED) is 0.357. The van der Waals surface area contributed by atoms with Gasteiger partial charge in [0.2, 0.25) is 0 Å². The Morgan fingerprint density at radius 1 is 2.00 bits per heavy atom. The molecule has 0 saturated carbocycles. The predicted molar refractivity (Wildman–Crippen MR) is 38.3 cm³/mol. The molecule has 1 atom stereocenters. The number of ether oxygens (including phenoxy) is 1. The minimum absolute atomic E-state index is 0.354. The molecule has 0 aliphatic carbocycles. The summed E-state index contributed by atoms with van der Waals surface area (Å²) >= 11 is 3.47. The Hall–Kier alpha value is -0.640. The van der Waals surface area contributed by atoms with Gasteiger partial charge in [-0.3, -0.25) is 4.79 Å². The highest BCUT2D eigenvalue weighted by Gasteiger charge is 1.99. The molecule has 52 valence electrons. The first-order chi connectivity index (χ1) is 4.16. The number of amides is 1. The summed E-state index contributed by atoms with van der Waals surface area (Å²) in [6, 6.07) is 0. The molecule has 0 aromatic carbocycles. The van der Waals surface area contributed by atoms with Crippen LogP contribution in [0.3, 0.4) is 0 Å². The Kier molecular flexibility index (Phi) is 3.96. The van der Waals surface area contributed by atoms with Crippen LogP contribution in [-0.2, 0) is 4.74 Å². The number of carbonyl (C=O) groups is 1. The van der Waals surface area contributed by atoms with Crippen LogP contribution in [0, 0.1) is 0 Å². The molecule has 0 aromatic rings. The highest BCUT2D eigenvalue weighted by atomic mass is 32.1. The van der Waals surface area contributed by atoms with Gasteiger partial charge in [0.1, 0.15) is 0 Å². The molecule has 9 heavy (non-hydrogen) atoms. The molecular formula is C5H9NO2S. The van der Waals surface area contributed by atoms with E-state index in [-0.39, 0.29) is 6.23 Å². The van der Waals surface area contributed by atoms with E-state index in [0.717, 1.165) is 0 Å². The Bertz CT molecular complexity index is 116. The number of carbonyl (C=O) groups excluding carboxylic acids is 1. The van der Waals surface area contributed by atoms with Gasteiger partial charge in [0.25, 0.3) is 5.24 Å². The molecule has 0 rings (SSSR count). The molecule has 0 aliphatic heterocycles. The number of thiol groups is 1. The summed E-state index contributed by atoms with van der Waals surface area (Å²) < 4.78 is 4.74. The van der Waals surface area contributed by atoms with E-state index >= 15 is 0 Å². The summed E-state index contributed by atoms with van der Waals surface area (Å²) in [5, 5.41) is 1.96. The van der Waals surface area contributed by atoms with Gasteiger partial charge >= 0.3 is 0 Å². The van der Waals surface area contributed by atoms with Crippen molar-refractivity contribution in [3.05, 3.63) is 12.8 Å². The molecule has 3 nitrogen and oxygen atoms in total. The van der Waals surface area contributed by atoms with Crippen molar-refractivity contribution in [2.45, 2.75) is 13.2 Å². The van der Waals surface area contributed by atoms with Crippen LogP contribution in [0.5, 0.6) is 0 Å². The highest BCUT2D eigenvalue weighted by Crippen LogP contribution is 1.86. The maximum Gasteiger partial charge on any atom is 0.278 e. The Balaban J connectivity index is 3.37. The van der Waals surface area contributed by atoms with Crippen LogP contribution in [0.2, 0.25) is 0 Å². The second-order valence-corrected chi connectivity index (χ2v) is 1.80. The Morgan fingerprint density at radius 2 is 2.56 bits per heavy atom. The second-order valence-electron chi connectivity index (χ2n) is 1.39. The van der Waals surface area contributed by atoms with Gasteiger partial charge in [0.15, 0.2) is 6.23 Å². The van der Waals surface area contributed by atoms with E-state index in [1.807, 2.05) is 0 Å². The normalized spacial score (nSPS) is 11.8. The van der Waals surface area contributed by atoms with E-state index in [4.69, 9.17) is 4.74 Å². The molecule has 0 aliphatic rings. The van der Waals surface area contributed by atoms with Crippen molar-refractivity contribution in [3.63, 3.8) is 0 Å². The molecule has 1 unspecified atom stereocenters. The van der Waals surface area contributed by atoms with Crippen LogP contribution in [0.15, 0.2) is 12.8 Å². The zero-order valence-corrected chi connectivity index (χ0v) is 6.02. The van der Waals surface area contributed by atoms with Gasteiger partial charge in [-0.25, -0.2) is 0 Å². The van der Waals surface area contributed by atoms with E-state index in [1.165, 1.54) is 6.26 Å². The van der Waals surface area contributed by atoms with Crippen LogP contribution in [0.25, 0.3) is 0 Å². The lowest BCUT2D eigenvalue weighted by Crippen LogP contribution is -2.29. The van der Waals surface area contributed by atoms with E-state index < -0.39 is 5.24 Å². The van der Waals surface area contributed by atoms with Crippen molar-refractivity contribution in [2.24, 2.45) is 0 Å². The molecular weight excluding hydrogens is 138 g/mol. The molecule has 0 radical (unpaired) electrons. The van der Waals surface area contributed by atoms with Gasteiger partial charge < -0.3 is 10.1 Å². The van der Waals surface area contributed by atoms with Crippen molar-refractivity contribution < 1.29 is 9.53 Å². The molecule has 0 saturated heterocycles. The van der Waals surface area contributed by atoms with Crippen molar-refractivity contribution in [1.82, 2.24) is 5.32 Å². The molecule has 0 aromatic heterocycles. The smallest absolute Gasteiger partial charge is 0.278 e. The van der Waals surface area contributed by atoms with Gasteiger partial charge in [0, 0.05) is 0 Å². The summed E-state index contributed by atoms with van der Waals surface area (Å²) in [7, 11) is 0. The lowest BCUT2D eigenvalue weighted by Gasteiger charge is -2.09. The average molecular weight is 147 g/mol. The third-order valence-electron chi connectivity index (χ3n) is 0.627. The fourth-order valence-electron chi connectivity index (χ4n) is 0.352. The molecule has 0 fully saturated rings.